The van der Waals surface area contributed by atoms with Crippen LogP contribution in [-0.2, 0) is 6.61 Å². The molecule has 0 bridgehead atoms. The van der Waals surface area contributed by atoms with Crippen molar-refractivity contribution >= 4 is 17.6 Å². The zero-order valence-corrected chi connectivity index (χ0v) is 9.75. The predicted octanol–water partition coefficient (Wildman–Crippen LogP) is 0.852. The highest BCUT2D eigenvalue weighted by atomic mass is 16.4. The van der Waals surface area contributed by atoms with Gasteiger partial charge in [0.25, 0.3) is 5.91 Å². The van der Waals surface area contributed by atoms with Crippen molar-refractivity contribution in [2.24, 2.45) is 0 Å². The van der Waals surface area contributed by atoms with Crippen LogP contribution in [0.1, 0.15) is 26.4 Å². The summed E-state index contributed by atoms with van der Waals surface area (Å²) in [7, 11) is 0. The molecule has 2 rings (SSSR count). The minimum absolute atomic E-state index is 0.101. The molecule has 1 heterocycles. The van der Waals surface area contributed by atoms with Gasteiger partial charge in [0.2, 0.25) is 0 Å². The van der Waals surface area contributed by atoms with Gasteiger partial charge in [-0.3, -0.25) is 9.89 Å². The number of hydrogen-bond donors (Lipinski definition) is 4. The first kappa shape index (κ1) is 12.8. The average molecular weight is 261 g/mol. The normalized spacial score (nSPS) is 10.2. The van der Waals surface area contributed by atoms with Gasteiger partial charge in [0.1, 0.15) is 0 Å². The van der Waals surface area contributed by atoms with Gasteiger partial charge in [-0.15, -0.1) is 0 Å². The third-order valence-electron chi connectivity index (χ3n) is 2.49. The van der Waals surface area contributed by atoms with Crippen molar-refractivity contribution < 1.29 is 19.8 Å². The maximum Gasteiger partial charge on any atom is 0.358 e. The number of aliphatic hydroxyl groups excluding tert-OH is 1. The number of H-pyrrole nitrogens is 1. The summed E-state index contributed by atoms with van der Waals surface area (Å²) in [5, 5.41) is 26.1. The third kappa shape index (κ3) is 2.78. The molecular formula is C12H11N3O4. The number of rotatable bonds is 4. The van der Waals surface area contributed by atoms with Gasteiger partial charge >= 0.3 is 5.97 Å². The number of amides is 1. The van der Waals surface area contributed by atoms with E-state index in [2.05, 4.69) is 15.5 Å². The fourth-order valence-corrected chi connectivity index (χ4v) is 1.50. The summed E-state index contributed by atoms with van der Waals surface area (Å²) >= 11 is 0. The van der Waals surface area contributed by atoms with Gasteiger partial charge < -0.3 is 15.5 Å². The van der Waals surface area contributed by atoms with Crippen LogP contribution in [0.4, 0.5) is 5.69 Å². The Labute approximate surface area is 107 Å². The molecule has 0 spiro atoms. The summed E-state index contributed by atoms with van der Waals surface area (Å²) in [5.74, 6) is -1.68. The van der Waals surface area contributed by atoms with Crippen LogP contribution in [0.2, 0.25) is 0 Å². The van der Waals surface area contributed by atoms with Crippen LogP contribution in [0.5, 0.6) is 0 Å². The van der Waals surface area contributed by atoms with Gasteiger partial charge in [-0.05, 0) is 17.7 Å². The Bertz CT molecular complexity index is 604. The first-order chi connectivity index (χ1) is 9.11. The Balaban J connectivity index is 2.16. The molecule has 98 valence electrons. The van der Waals surface area contributed by atoms with Crippen LogP contribution in [0.3, 0.4) is 0 Å². The average Bonchev–Trinajstić information content (AvgIpc) is 2.87. The van der Waals surface area contributed by atoms with Crippen molar-refractivity contribution in [1.82, 2.24) is 10.2 Å². The number of aromatic nitrogens is 2. The lowest BCUT2D eigenvalue weighted by molar-refractivity contribution is 0.0691. The van der Waals surface area contributed by atoms with Crippen molar-refractivity contribution in [1.29, 1.82) is 0 Å². The largest absolute Gasteiger partial charge is 0.476 e. The number of nitrogens with zero attached hydrogens (tertiary/aromatic N) is 1. The van der Waals surface area contributed by atoms with E-state index >= 15 is 0 Å². The van der Waals surface area contributed by atoms with Crippen molar-refractivity contribution in [2.75, 3.05) is 5.32 Å². The Morgan fingerprint density at radius 2 is 1.95 bits per heavy atom. The van der Waals surface area contributed by atoms with E-state index < -0.39 is 11.9 Å². The monoisotopic (exact) mass is 261 g/mol. The Morgan fingerprint density at radius 3 is 2.53 bits per heavy atom. The van der Waals surface area contributed by atoms with E-state index in [0.717, 1.165) is 0 Å². The highest BCUT2D eigenvalue weighted by Gasteiger charge is 2.16. The van der Waals surface area contributed by atoms with Crippen molar-refractivity contribution in [3.05, 3.63) is 47.3 Å². The standard InChI is InChI=1S/C12H11N3O4/c16-6-7-1-3-8(4-2-7)11(17)14-9-5-13-15-10(9)12(18)19/h1-5,16H,6H2,(H,13,15)(H,14,17)(H,18,19). The first-order valence-corrected chi connectivity index (χ1v) is 5.40. The van der Waals surface area contributed by atoms with E-state index in [1.165, 1.54) is 6.20 Å². The van der Waals surface area contributed by atoms with E-state index in [0.29, 0.717) is 11.1 Å². The van der Waals surface area contributed by atoms with E-state index in [9.17, 15) is 9.59 Å². The molecule has 0 fully saturated rings. The summed E-state index contributed by atoms with van der Waals surface area (Å²) < 4.78 is 0. The molecule has 0 aliphatic heterocycles. The topological polar surface area (TPSA) is 115 Å². The van der Waals surface area contributed by atoms with E-state index in [1.54, 1.807) is 24.3 Å². The minimum Gasteiger partial charge on any atom is -0.476 e. The first-order valence-electron chi connectivity index (χ1n) is 5.40. The van der Waals surface area contributed by atoms with E-state index in [-0.39, 0.29) is 18.0 Å². The summed E-state index contributed by atoms with van der Waals surface area (Å²) in [5.41, 5.74) is 0.893. The molecule has 2 aromatic rings. The van der Waals surface area contributed by atoms with E-state index in [4.69, 9.17) is 10.2 Å². The number of carbonyl (C=O) groups excluding carboxylic acids is 1. The molecule has 0 aliphatic carbocycles. The zero-order chi connectivity index (χ0) is 13.8. The molecule has 1 aromatic heterocycles. The van der Waals surface area contributed by atoms with Crippen LogP contribution in [0, 0.1) is 0 Å². The predicted molar refractivity (Wildman–Crippen MR) is 65.9 cm³/mol. The van der Waals surface area contributed by atoms with Crippen molar-refractivity contribution in [3.63, 3.8) is 0 Å². The molecule has 0 unspecified atom stereocenters. The van der Waals surface area contributed by atoms with Crippen molar-refractivity contribution in [3.8, 4) is 0 Å². The molecule has 0 atom stereocenters. The lowest BCUT2D eigenvalue weighted by Gasteiger charge is -2.04. The van der Waals surface area contributed by atoms with Crippen LogP contribution in [0.15, 0.2) is 30.5 Å². The molecule has 0 saturated heterocycles. The molecule has 0 aliphatic rings. The zero-order valence-electron chi connectivity index (χ0n) is 9.75. The summed E-state index contributed by atoms with van der Waals surface area (Å²) in [4.78, 5) is 22.7. The van der Waals surface area contributed by atoms with Crippen LogP contribution in [0.25, 0.3) is 0 Å². The molecule has 1 amide bonds. The number of aromatic amines is 1. The quantitative estimate of drug-likeness (QED) is 0.651. The smallest absolute Gasteiger partial charge is 0.358 e. The third-order valence-corrected chi connectivity index (χ3v) is 2.49. The number of hydrogen-bond acceptors (Lipinski definition) is 4. The number of carboxylic acids is 1. The highest BCUT2D eigenvalue weighted by molar-refractivity contribution is 6.07. The maximum absolute atomic E-state index is 11.9. The molecular weight excluding hydrogens is 250 g/mol. The SMILES string of the molecule is O=C(Nc1c[nH]nc1C(=O)O)c1ccc(CO)cc1. The number of anilines is 1. The lowest BCUT2D eigenvalue weighted by atomic mass is 10.1. The van der Waals surface area contributed by atoms with Gasteiger partial charge in [0.05, 0.1) is 12.3 Å². The van der Waals surface area contributed by atoms with Crippen LogP contribution < -0.4 is 5.32 Å². The number of benzene rings is 1. The highest BCUT2D eigenvalue weighted by Crippen LogP contribution is 2.13. The summed E-state index contributed by atoms with van der Waals surface area (Å²) in [6, 6.07) is 6.31. The second-order valence-corrected chi connectivity index (χ2v) is 3.76. The second-order valence-electron chi connectivity index (χ2n) is 3.76. The summed E-state index contributed by atoms with van der Waals surface area (Å²) in [6.07, 6.45) is 1.30. The molecule has 0 saturated carbocycles. The number of carbonyl (C=O) groups is 2. The number of aromatic carboxylic acids is 1. The molecule has 4 N–H and O–H groups in total. The van der Waals surface area contributed by atoms with Gasteiger partial charge in [-0.25, -0.2) is 4.79 Å². The Hall–Kier alpha value is -2.67. The van der Waals surface area contributed by atoms with Crippen LogP contribution in [-0.4, -0.2) is 32.3 Å². The Morgan fingerprint density at radius 1 is 1.26 bits per heavy atom. The minimum atomic E-state index is -1.23. The number of nitrogens with one attached hydrogen (secondary N) is 2. The molecule has 7 nitrogen and oxygen atoms in total. The maximum atomic E-state index is 11.9. The molecule has 0 radical (unpaired) electrons. The van der Waals surface area contributed by atoms with Gasteiger partial charge in [-0.2, -0.15) is 5.10 Å². The Kier molecular flexibility index (Phi) is 3.58. The van der Waals surface area contributed by atoms with E-state index in [1.807, 2.05) is 0 Å². The molecule has 7 heteroatoms. The molecule has 19 heavy (non-hydrogen) atoms. The second kappa shape index (κ2) is 5.32. The lowest BCUT2D eigenvalue weighted by Crippen LogP contribution is -2.14. The van der Waals surface area contributed by atoms with Crippen molar-refractivity contribution in [2.45, 2.75) is 6.61 Å². The van der Waals surface area contributed by atoms with Gasteiger partial charge in [-0.1, -0.05) is 12.1 Å². The van der Waals surface area contributed by atoms with Gasteiger partial charge in [0.15, 0.2) is 5.69 Å². The number of aliphatic hydroxyl groups is 1. The van der Waals surface area contributed by atoms with Crippen LogP contribution >= 0.6 is 0 Å². The fourth-order valence-electron chi connectivity index (χ4n) is 1.50. The molecule has 1 aromatic carbocycles. The number of carboxylic acid groups (broad SMARTS) is 1. The fraction of sp³-hybridized carbons (Fsp3) is 0.0833. The summed E-state index contributed by atoms with van der Waals surface area (Å²) in [6.45, 7) is -0.104. The van der Waals surface area contributed by atoms with Gasteiger partial charge in [0, 0.05) is 11.8 Å².